The second kappa shape index (κ2) is 6.91. The number of ether oxygens (including phenoxy) is 1. The van der Waals surface area contributed by atoms with E-state index in [0.717, 1.165) is 6.20 Å². The quantitative estimate of drug-likeness (QED) is 0.641. The third-order valence-electron chi connectivity index (χ3n) is 1.85. The average molecular weight is 306 g/mol. The monoisotopic (exact) mass is 305 g/mol. The van der Waals surface area contributed by atoms with Crippen LogP contribution in [0, 0.1) is 0 Å². The van der Waals surface area contributed by atoms with Crippen molar-refractivity contribution in [1.82, 2.24) is 15.6 Å². The van der Waals surface area contributed by atoms with E-state index in [0.29, 0.717) is 0 Å². The lowest BCUT2D eigenvalue weighted by molar-refractivity contribution is -0.123. The second-order valence-electron chi connectivity index (χ2n) is 3.20. The van der Waals surface area contributed by atoms with E-state index in [1.807, 2.05) is 5.32 Å². The lowest BCUT2D eigenvalue weighted by atomic mass is 10.3. The highest BCUT2D eigenvalue weighted by atomic mass is 35.5. The molecule has 0 aliphatic heterocycles. The van der Waals surface area contributed by atoms with Gasteiger partial charge >= 0.3 is 12.0 Å². The van der Waals surface area contributed by atoms with Gasteiger partial charge in [-0.2, -0.15) is 0 Å². The second-order valence-corrected chi connectivity index (χ2v) is 3.97. The molecule has 1 aromatic heterocycles. The molecular formula is C10H9Cl2N3O4. The van der Waals surface area contributed by atoms with Gasteiger partial charge in [0.1, 0.15) is 5.15 Å². The maximum Gasteiger partial charge on any atom is 0.340 e. The zero-order chi connectivity index (χ0) is 14.4. The van der Waals surface area contributed by atoms with Gasteiger partial charge in [-0.25, -0.2) is 14.6 Å². The Balaban J connectivity index is 2.53. The van der Waals surface area contributed by atoms with Gasteiger partial charge in [0.15, 0.2) is 6.61 Å². The summed E-state index contributed by atoms with van der Waals surface area (Å²) in [6.45, 7) is -0.605. The van der Waals surface area contributed by atoms with Crippen LogP contribution in [0.2, 0.25) is 10.2 Å². The van der Waals surface area contributed by atoms with Crippen LogP contribution in [-0.4, -0.2) is 36.5 Å². The SMILES string of the molecule is CNC(=O)NC(=O)COC(=O)c1cnc(Cl)c(Cl)c1. The molecular weight excluding hydrogens is 297 g/mol. The van der Waals surface area contributed by atoms with Gasteiger partial charge in [0, 0.05) is 13.2 Å². The molecule has 0 atom stereocenters. The van der Waals surface area contributed by atoms with E-state index >= 15 is 0 Å². The molecule has 0 fully saturated rings. The average Bonchev–Trinajstić information content (AvgIpc) is 2.39. The molecule has 9 heteroatoms. The lowest BCUT2D eigenvalue weighted by Crippen LogP contribution is -2.39. The molecule has 0 spiro atoms. The van der Waals surface area contributed by atoms with Crippen LogP contribution in [0.3, 0.4) is 0 Å². The Morgan fingerprint density at radius 3 is 2.63 bits per heavy atom. The molecule has 0 aliphatic carbocycles. The summed E-state index contributed by atoms with van der Waals surface area (Å²) in [6, 6.07) is 0.563. The van der Waals surface area contributed by atoms with Crippen LogP contribution >= 0.6 is 23.2 Å². The number of aromatic nitrogens is 1. The summed E-state index contributed by atoms with van der Waals surface area (Å²) in [5, 5.41) is 4.24. The van der Waals surface area contributed by atoms with Gasteiger partial charge in [-0.3, -0.25) is 10.1 Å². The van der Waals surface area contributed by atoms with Crippen LogP contribution in [-0.2, 0) is 9.53 Å². The standard InChI is InChI=1S/C10H9Cl2N3O4/c1-13-10(18)15-7(16)4-19-9(17)5-2-6(11)8(12)14-3-5/h2-3H,4H2,1H3,(H2,13,15,16,18). The molecule has 0 saturated heterocycles. The fraction of sp³-hybridized carbons (Fsp3) is 0.200. The van der Waals surface area contributed by atoms with Gasteiger partial charge in [0.25, 0.3) is 5.91 Å². The predicted molar refractivity (Wildman–Crippen MR) is 67.1 cm³/mol. The number of nitrogens with one attached hydrogen (secondary N) is 2. The number of pyridine rings is 1. The van der Waals surface area contributed by atoms with Crippen LogP contribution in [0.25, 0.3) is 0 Å². The number of imide groups is 1. The first kappa shape index (κ1) is 15.2. The Morgan fingerprint density at radius 2 is 2.05 bits per heavy atom. The number of amides is 3. The summed E-state index contributed by atoms with van der Waals surface area (Å²) in [4.78, 5) is 37.1. The van der Waals surface area contributed by atoms with Gasteiger partial charge in [-0.15, -0.1) is 0 Å². The third-order valence-corrected chi connectivity index (χ3v) is 2.53. The zero-order valence-electron chi connectivity index (χ0n) is 9.70. The maximum atomic E-state index is 11.5. The van der Waals surface area contributed by atoms with Crippen molar-refractivity contribution < 1.29 is 19.1 Å². The Morgan fingerprint density at radius 1 is 1.37 bits per heavy atom. The first-order valence-corrected chi connectivity index (χ1v) is 5.69. The van der Waals surface area contributed by atoms with Crippen LogP contribution in [0.5, 0.6) is 0 Å². The molecule has 0 saturated carbocycles. The molecule has 0 aliphatic rings. The lowest BCUT2D eigenvalue weighted by Gasteiger charge is -2.05. The summed E-state index contributed by atoms with van der Waals surface area (Å²) in [5.41, 5.74) is 0.0437. The number of rotatable bonds is 3. The molecule has 0 aromatic carbocycles. The Kier molecular flexibility index (Phi) is 5.53. The molecule has 19 heavy (non-hydrogen) atoms. The number of nitrogens with zero attached hydrogens (tertiary/aromatic N) is 1. The van der Waals surface area contributed by atoms with Gasteiger partial charge in [-0.1, -0.05) is 23.2 Å². The van der Waals surface area contributed by atoms with Crippen molar-refractivity contribution in [1.29, 1.82) is 0 Å². The largest absolute Gasteiger partial charge is 0.452 e. The summed E-state index contributed by atoms with van der Waals surface area (Å²) < 4.78 is 4.66. The van der Waals surface area contributed by atoms with Crippen molar-refractivity contribution in [3.05, 3.63) is 28.0 Å². The summed E-state index contributed by atoms with van der Waals surface area (Å²) in [5.74, 6) is -1.57. The molecule has 1 aromatic rings. The van der Waals surface area contributed by atoms with Crippen LogP contribution in [0.15, 0.2) is 12.3 Å². The van der Waals surface area contributed by atoms with Gasteiger partial charge in [-0.05, 0) is 6.07 Å². The molecule has 1 heterocycles. The fourth-order valence-electron chi connectivity index (χ4n) is 0.972. The van der Waals surface area contributed by atoms with Crippen LogP contribution in [0.1, 0.15) is 10.4 Å². The highest BCUT2D eigenvalue weighted by Gasteiger charge is 2.13. The molecule has 0 bridgehead atoms. The number of halogens is 2. The highest BCUT2D eigenvalue weighted by molar-refractivity contribution is 6.41. The highest BCUT2D eigenvalue weighted by Crippen LogP contribution is 2.19. The number of carbonyl (C=O) groups is 3. The first-order valence-electron chi connectivity index (χ1n) is 4.93. The molecule has 3 amide bonds. The van der Waals surface area contributed by atoms with Crippen molar-refractivity contribution in [2.45, 2.75) is 0 Å². The molecule has 2 N–H and O–H groups in total. The predicted octanol–water partition coefficient (Wildman–Crippen LogP) is 1.00. The minimum absolute atomic E-state index is 0.0437. The van der Waals surface area contributed by atoms with E-state index in [1.165, 1.54) is 13.1 Å². The number of urea groups is 1. The topological polar surface area (TPSA) is 97.4 Å². The summed E-state index contributed by atoms with van der Waals surface area (Å²) in [6.07, 6.45) is 1.16. The zero-order valence-corrected chi connectivity index (χ0v) is 11.2. The Bertz CT molecular complexity index is 521. The molecule has 1 rings (SSSR count). The van der Waals surface area contributed by atoms with Gasteiger partial charge < -0.3 is 10.1 Å². The smallest absolute Gasteiger partial charge is 0.340 e. The minimum Gasteiger partial charge on any atom is -0.452 e. The Hall–Kier alpha value is -1.86. The van der Waals surface area contributed by atoms with Crippen molar-refractivity contribution in [2.24, 2.45) is 0 Å². The van der Waals surface area contributed by atoms with Gasteiger partial charge in [0.05, 0.1) is 10.6 Å². The Labute approximate surface area is 118 Å². The van der Waals surface area contributed by atoms with E-state index in [9.17, 15) is 14.4 Å². The molecule has 0 unspecified atom stereocenters. The summed E-state index contributed by atoms with van der Waals surface area (Å²) >= 11 is 11.3. The van der Waals surface area contributed by atoms with E-state index < -0.39 is 24.5 Å². The van der Waals surface area contributed by atoms with Crippen molar-refractivity contribution in [3.8, 4) is 0 Å². The third kappa shape index (κ3) is 4.72. The van der Waals surface area contributed by atoms with E-state index in [2.05, 4.69) is 15.0 Å². The van der Waals surface area contributed by atoms with E-state index in [1.54, 1.807) is 0 Å². The van der Waals surface area contributed by atoms with Gasteiger partial charge in [0.2, 0.25) is 0 Å². The van der Waals surface area contributed by atoms with E-state index in [-0.39, 0.29) is 15.7 Å². The fourth-order valence-corrected chi connectivity index (χ4v) is 1.24. The van der Waals surface area contributed by atoms with E-state index in [4.69, 9.17) is 23.2 Å². The normalized spacial score (nSPS) is 9.63. The molecule has 102 valence electrons. The first-order chi connectivity index (χ1) is 8.93. The molecule has 0 radical (unpaired) electrons. The number of hydrogen-bond donors (Lipinski definition) is 2. The minimum atomic E-state index is -0.807. The van der Waals surface area contributed by atoms with Crippen molar-refractivity contribution in [2.75, 3.05) is 13.7 Å². The van der Waals surface area contributed by atoms with Crippen molar-refractivity contribution in [3.63, 3.8) is 0 Å². The number of carbonyl (C=O) groups excluding carboxylic acids is 3. The maximum absolute atomic E-state index is 11.5. The van der Waals surface area contributed by atoms with Crippen LogP contribution < -0.4 is 10.6 Å². The number of hydrogen-bond acceptors (Lipinski definition) is 5. The van der Waals surface area contributed by atoms with Crippen LogP contribution in [0.4, 0.5) is 4.79 Å². The number of esters is 1. The molecule has 7 nitrogen and oxygen atoms in total. The van der Waals surface area contributed by atoms with Crippen molar-refractivity contribution >= 4 is 41.1 Å². The summed E-state index contributed by atoms with van der Waals surface area (Å²) in [7, 11) is 1.34.